The Labute approximate surface area is 169 Å². The summed E-state index contributed by atoms with van der Waals surface area (Å²) in [6, 6.07) is 24.1. The van der Waals surface area contributed by atoms with Gasteiger partial charge in [0.05, 0.1) is 12.8 Å². The fraction of sp³-hybridized carbons (Fsp3) is 0.0909. The van der Waals surface area contributed by atoms with E-state index in [4.69, 9.17) is 21.7 Å². The smallest absolute Gasteiger partial charge is 0.257 e. The number of carbonyl (C=O) groups is 1. The second-order valence-corrected chi connectivity index (χ2v) is 6.32. The van der Waals surface area contributed by atoms with E-state index in [1.165, 1.54) is 0 Å². The van der Waals surface area contributed by atoms with Crippen molar-refractivity contribution in [3.8, 4) is 11.5 Å². The van der Waals surface area contributed by atoms with Gasteiger partial charge in [-0.25, -0.2) is 0 Å². The highest BCUT2D eigenvalue weighted by Crippen LogP contribution is 2.22. The highest BCUT2D eigenvalue weighted by molar-refractivity contribution is 7.80. The molecule has 6 heteroatoms. The molecule has 3 rings (SSSR count). The lowest BCUT2D eigenvalue weighted by atomic mass is 10.2. The monoisotopic (exact) mass is 392 g/mol. The first-order valence-electron chi connectivity index (χ1n) is 8.68. The second-order valence-electron chi connectivity index (χ2n) is 5.91. The summed E-state index contributed by atoms with van der Waals surface area (Å²) >= 11 is 5.22. The zero-order valence-corrected chi connectivity index (χ0v) is 16.2. The maximum atomic E-state index is 12.4. The van der Waals surface area contributed by atoms with Crippen LogP contribution in [0.3, 0.4) is 0 Å². The maximum Gasteiger partial charge on any atom is 0.257 e. The highest BCUT2D eigenvalue weighted by atomic mass is 32.1. The topological polar surface area (TPSA) is 59.6 Å². The van der Waals surface area contributed by atoms with E-state index in [9.17, 15) is 4.79 Å². The minimum atomic E-state index is -0.304. The molecule has 0 atom stereocenters. The summed E-state index contributed by atoms with van der Waals surface area (Å²) in [5, 5.41) is 5.81. The SMILES string of the molecule is COc1ccccc1NC(=S)NC(=O)c1ccc(OCc2ccccc2)cc1. The maximum absolute atomic E-state index is 12.4. The molecule has 0 unspecified atom stereocenters. The molecule has 28 heavy (non-hydrogen) atoms. The summed E-state index contributed by atoms with van der Waals surface area (Å²) in [7, 11) is 1.57. The van der Waals surface area contributed by atoms with Crippen molar-refractivity contribution < 1.29 is 14.3 Å². The average Bonchev–Trinajstić information content (AvgIpc) is 2.73. The number of para-hydroxylation sites is 2. The van der Waals surface area contributed by atoms with Crippen molar-refractivity contribution in [2.45, 2.75) is 6.61 Å². The van der Waals surface area contributed by atoms with E-state index in [-0.39, 0.29) is 11.0 Å². The molecule has 0 aliphatic rings. The van der Waals surface area contributed by atoms with Crippen molar-refractivity contribution in [3.05, 3.63) is 90.0 Å². The average molecular weight is 392 g/mol. The largest absolute Gasteiger partial charge is 0.495 e. The van der Waals surface area contributed by atoms with Gasteiger partial charge < -0.3 is 14.8 Å². The molecule has 5 nitrogen and oxygen atoms in total. The Morgan fingerprint density at radius 3 is 2.32 bits per heavy atom. The van der Waals surface area contributed by atoms with Gasteiger partial charge in [0.25, 0.3) is 5.91 Å². The van der Waals surface area contributed by atoms with Crippen molar-refractivity contribution in [1.29, 1.82) is 0 Å². The van der Waals surface area contributed by atoms with E-state index in [1.807, 2.05) is 48.5 Å². The Hall–Kier alpha value is -3.38. The Balaban J connectivity index is 1.54. The fourth-order valence-corrected chi connectivity index (χ4v) is 2.72. The van der Waals surface area contributed by atoms with Crippen LogP contribution in [0.4, 0.5) is 5.69 Å². The molecular weight excluding hydrogens is 372 g/mol. The number of thiocarbonyl (C=S) groups is 1. The fourth-order valence-electron chi connectivity index (χ4n) is 2.52. The number of nitrogens with one attached hydrogen (secondary N) is 2. The van der Waals surface area contributed by atoms with Gasteiger partial charge in [0.1, 0.15) is 18.1 Å². The quantitative estimate of drug-likeness (QED) is 0.609. The van der Waals surface area contributed by atoms with Gasteiger partial charge in [-0.2, -0.15) is 0 Å². The first-order chi connectivity index (χ1) is 13.7. The third kappa shape index (κ3) is 5.31. The predicted molar refractivity (Wildman–Crippen MR) is 114 cm³/mol. The molecule has 0 heterocycles. The molecule has 3 aromatic carbocycles. The van der Waals surface area contributed by atoms with Crippen LogP contribution in [0.2, 0.25) is 0 Å². The zero-order chi connectivity index (χ0) is 19.8. The first-order valence-corrected chi connectivity index (χ1v) is 9.08. The third-order valence-corrected chi connectivity index (χ3v) is 4.15. The molecule has 0 aliphatic carbocycles. The van der Waals surface area contributed by atoms with E-state index in [1.54, 1.807) is 37.4 Å². The van der Waals surface area contributed by atoms with Gasteiger partial charge in [0.15, 0.2) is 5.11 Å². The number of hydrogen-bond donors (Lipinski definition) is 2. The van der Waals surface area contributed by atoms with E-state index in [0.717, 1.165) is 5.56 Å². The standard InChI is InChI=1S/C22H20N2O3S/c1-26-20-10-6-5-9-19(20)23-22(28)24-21(25)17-11-13-18(14-12-17)27-15-16-7-3-2-4-8-16/h2-14H,15H2,1H3,(H2,23,24,25,28). The van der Waals surface area contributed by atoms with Gasteiger partial charge in [-0.15, -0.1) is 0 Å². The lowest BCUT2D eigenvalue weighted by molar-refractivity contribution is 0.0977. The first kappa shape index (κ1) is 19.4. The number of anilines is 1. The number of methoxy groups -OCH3 is 1. The van der Waals surface area contributed by atoms with Gasteiger partial charge in [-0.3, -0.25) is 10.1 Å². The molecule has 0 radical (unpaired) electrons. The van der Waals surface area contributed by atoms with Crippen LogP contribution < -0.4 is 20.1 Å². The van der Waals surface area contributed by atoms with Crippen LogP contribution in [0.15, 0.2) is 78.9 Å². The van der Waals surface area contributed by atoms with E-state index in [2.05, 4.69) is 10.6 Å². The molecular formula is C22H20N2O3S. The molecule has 3 aromatic rings. The lowest BCUT2D eigenvalue weighted by Gasteiger charge is -2.12. The molecule has 1 amide bonds. The Morgan fingerprint density at radius 1 is 0.929 bits per heavy atom. The van der Waals surface area contributed by atoms with E-state index in [0.29, 0.717) is 29.4 Å². The van der Waals surface area contributed by atoms with Crippen LogP contribution in [-0.4, -0.2) is 18.1 Å². The van der Waals surface area contributed by atoms with Gasteiger partial charge in [-0.1, -0.05) is 42.5 Å². The van der Waals surface area contributed by atoms with E-state index < -0.39 is 0 Å². The van der Waals surface area contributed by atoms with Gasteiger partial charge >= 0.3 is 0 Å². The summed E-state index contributed by atoms with van der Waals surface area (Å²) < 4.78 is 11.0. The molecule has 0 saturated carbocycles. The number of rotatable bonds is 6. The minimum Gasteiger partial charge on any atom is -0.495 e. The van der Waals surface area contributed by atoms with Crippen LogP contribution in [0, 0.1) is 0 Å². The number of ether oxygens (including phenoxy) is 2. The van der Waals surface area contributed by atoms with Crippen molar-refractivity contribution in [3.63, 3.8) is 0 Å². The zero-order valence-electron chi connectivity index (χ0n) is 15.3. The molecule has 0 spiro atoms. The van der Waals surface area contributed by atoms with Crippen LogP contribution in [0.5, 0.6) is 11.5 Å². The van der Waals surface area contributed by atoms with Crippen molar-refractivity contribution in [2.75, 3.05) is 12.4 Å². The normalized spacial score (nSPS) is 10.0. The Bertz CT molecular complexity index is 944. The van der Waals surface area contributed by atoms with Gasteiger partial charge in [0.2, 0.25) is 0 Å². The Kier molecular flexibility index (Phi) is 6.59. The number of carbonyl (C=O) groups excluding carboxylic acids is 1. The second kappa shape index (κ2) is 9.53. The number of benzene rings is 3. The van der Waals surface area contributed by atoms with E-state index >= 15 is 0 Å². The lowest BCUT2D eigenvalue weighted by Crippen LogP contribution is -2.34. The van der Waals surface area contributed by atoms with Crippen molar-refractivity contribution in [1.82, 2.24) is 5.32 Å². The molecule has 2 N–H and O–H groups in total. The van der Waals surface area contributed by atoms with Crippen LogP contribution in [-0.2, 0) is 6.61 Å². The molecule has 0 aromatic heterocycles. The molecule has 142 valence electrons. The minimum absolute atomic E-state index is 0.193. The van der Waals surface area contributed by atoms with Crippen LogP contribution >= 0.6 is 12.2 Å². The molecule has 0 saturated heterocycles. The summed E-state index contributed by atoms with van der Waals surface area (Å²) in [6.45, 7) is 0.472. The highest BCUT2D eigenvalue weighted by Gasteiger charge is 2.10. The number of hydrogen-bond acceptors (Lipinski definition) is 4. The van der Waals surface area contributed by atoms with Crippen molar-refractivity contribution >= 4 is 28.9 Å². The summed E-state index contributed by atoms with van der Waals surface area (Å²) in [4.78, 5) is 12.4. The summed E-state index contributed by atoms with van der Waals surface area (Å²) in [5.41, 5.74) is 2.24. The summed E-state index contributed by atoms with van der Waals surface area (Å²) in [5.74, 6) is 1.02. The summed E-state index contributed by atoms with van der Waals surface area (Å²) in [6.07, 6.45) is 0. The number of amides is 1. The third-order valence-electron chi connectivity index (χ3n) is 3.95. The van der Waals surface area contributed by atoms with Crippen molar-refractivity contribution in [2.24, 2.45) is 0 Å². The molecule has 0 fully saturated rings. The Morgan fingerprint density at radius 2 is 1.61 bits per heavy atom. The molecule has 0 bridgehead atoms. The van der Waals surface area contributed by atoms with Crippen LogP contribution in [0.25, 0.3) is 0 Å². The predicted octanol–water partition coefficient (Wildman–Crippen LogP) is 4.40. The van der Waals surface area contributed by atoms with Gasteiger partial charge in [0, 0.05) is 5.56 Å². The van der Waals surface area contributed by atoms with Gasteiger partial charge in [-0.05, 0) is 54.2 Å². The molecule has 0 aliphatic heterocycles. The van der Waals surface area contributed by atoms with Crippen LogP contribution in [0.1, 0.15) is 15.9 Å².